The SMILES string of the molecule is BN1CC(COc2ccccc2OCc2ccccc2)CC(N(C(=O)c2ccc(OC)c(OCCCOC)c2)C(C)C)C1. The first-order valence-electron chi connectivity index (χ1n) is 15.1. The van der Waals surface area contributed by atoms with E-state index >= 15 is 0 Å². The first-order chi connectivity index (χ1) is 20.9. The Morgan fingerprint density at radius 3 is 2.30 bits per heavy atom. The van der Waals surface area contributed by atoms with E-state index in [0.717, 1.165) is 43.0 Å². The van der Waals surface area contributed by atoms with Crippen LogP contribution in [0.25, 0.3) is 0 Å². The second kappa shape index (κ2) is 16.2. The minimum Gasteiger partial charge on any atom is -0.493 e. The Labute approximate surface area is 257 Å². The van der Waals surface area contributed by atoms with Gasteiger partial charge in [-0.1, -0.05) is 42.5 Å². The van der Waals surface area contributed by atoms with Crippen LogP contribution >= 0.6 is 0 Å². The van der Waals surface area contributed by atoms with Crippen LogP contribution in [-0.4, -0.2) is 82.8 Å². The molecule has 0 bridgehead atoms. The van der Waals surface area contributed by atoms with Crippen molar-refractivity contribution in [3.8, 4) is 23.0 Å². The van der Waals surface area contributed by atoms with Gasteiger partial charge in [-0.25, -0.2) is 0 Å². The zero-order chi connectivity index (χ0) is 30.6. The van der Waals surface area contributed by atoms with E-state index < -0.39 is 0 Å². The molecule has 43 heavy (non-hydrogen) atoms. The predicted octanol–water partition coefficient (Wildman–Crippen LogP) is 4.86. The van der Waals surface area contributed by atoms with Gasteiger partial charge < -0.3 is 33.4 Å². The number of ether oxygens (including phenoxy) is 5. The highest BCUT2D eigenvalue weighted by molar-refractivity contribution is 6.04. The number of hydrogen-bond acceptors (Lipinski definition) is 7. The maximum atomic E-state index is 14.0. The van der Waals surface area contributed by atoms with Gasteiger partial charge in [-0.3, -0.25) is 4.79 Å². The lowest BCUT2D eigenvalue weighted by Gasteiger charge is -2.43. The minimum absolute atomic E-state index is 0.0148. The second-order valence-electron chi connectivity index (χ2n) is 11.4. The maximum absolute atomic E-state index is 14.0. The van der Waals surface area contributed by atoms with Gasteiger partial charge in [0.05, 0.1) is 20.3 Å². The van der Waals surface area contributed by atoms with E-state index in [2.05, 4.69) is 26.6 Å². The highest BCUT2D eigenvalue weighted by Crippen LogP contribution is 2.32. The third kappa shape index (κ3) is 9.15. The van der Waals surface area contributed by atoms with Gasteiger partial charge in [0.25, 0.3) is 5.91 Å². The summed E-state index contributed by atoms with van der Waals surface area (Å²) in [5.74, 6) is 2.86. The summed E-state index contributed by atoms with van der Waals surface area (Å²) in [6.07, 6.45) is 1.59. The Kier molecular flexibility index (Phi) is 12.2. The van der Waals surface area contributed by atoms with Crippen molar-refractivity contribution >= 4 is 13.9 Å². The quantitative estimate of drug-likeness (QED) is 0.186. The average molecular weight is 589 g/mol. The van der Waals surface area contributed by atoms with Crippen molar-refractivity contribution < 1.29 is 28.5 Å². The number of para-hydroxylation sites is 2. The van der Waals surface area contributed by atoms with E-state index in [1.807, 2.05) is 65.6 Å². The molecule has 1 aliphatic heterocycles. The predicted molar refractivity (Wildman–Crippen MR) is 171 cm³/mol. The molecule has 3 aromatic carbocycles. The Morgan fingerprint density at radius 1 is 0.884 bits per heavy atom. The van der Waals surface area contributed by atoms with Gasteiger partial charge >= 0.3 is 0 Å². The monoisotopic (exact) mass is 588 g/mol. The summed E-state index contributed by atoms with van der Waals surface area (Å²) in [7, 11) is 5.38. The number of nitrogens with zero attached hydrogens (tertiary/aromatic N) is 2. The molecule has 1 amide bonds. The number of methoxy groups -OCH3 is 2. The highest BCUT2D eigenvalue weighted by atomic mass is 16.5. The lowest BCUT2D eigenvalue weighted by atomic mass is 9.90. The van der Waals surface area contributed by atoms with Gasteiger partial charge in [0.15, 0.2) is 31.0 Å². The summed E-state index contributed by atoms with van der Waals surface area (Å²) < 4.78 is 29.0. The summed E-state index contributed by atoms with van der Waals surface area (Å²) >= 11 is 0. The number of amides is 1. The molecule has 4 rings (SSSR count). The molecule has 1 heterocycles. The van der Waals surface area contributed by atoms with Crippen molar-refractivity contribution in [2.45, 2.75) is 45.4 Å². The van der Waals surface area contributed by atoms with Crippen LogP contribution in [-0.2, 0) is 11.3 Å². The fourth-order valence-corrected chi connectivity index (χ4v) is 5.64. The number of hydrogen-bond donors (Lipinski definition) is 0. The number of carbonyl (C=O) groups is 1. The lowest BCUT2D eigenvalue weighted by Crippen LogP contribution is -2.55. The van der Waals surface area contributed by atoms with Crippen molar-refractivity contribution in [2.24, 2.45) is 5.92 Å². The second-order valence-corrected chi connectivity index (χ2v) is 11.4. The third-order valence-corrected chi connectivity index (χ3v) is 7.60. The van der Waals surface area contributed by atoms with Crippen molar-refractivity contribution in [3.05, 3.63) is 83.9 Å². The molecule has 3 aromatic rings. The molecule has 1 fully saturated rings. The van der Waals surface area contributed by atoms with Gasteiger partial charge in [-0.2, -0.15) is 0 Å². The zero-order valence-corrected chi connectivity index (χ0v) is 26.2. The van der Waals surface area contributed by atoms with E-state index in [4.69, 9.17) is 23.7 Å². The largest absolute Gasteiger partial charge is 0.493 e. The van der Waals surface area contributed by atoms with Crippen LogP contribution in [0.4, 0.5) is 0 Å². The van der Waals surface area contributed by atoms with Crippen LogP contribution in [0.1, 0.15) is 42.6 Å². The van der Waals surface area contributed by atoms with E-state index in [0.29, 0.717) is 43.5 Å². The number of rotatable bonds is 15. The molecule has 2 unspecified atom stereocenters. The van der Waals surface area contributed by atoms with Gasteiger partial charge in [-0.05, 0) is 62.7 Å². The van der Waals surface area contributed by atoms with Gasteiger partial charge in [0.1, 0.15) is 6.61 Å². The molecular formula is C34H45BN2O6. The first-order valence-corrected chi connectivity index (χ1v) is 15.1. The summed E-state index contributed by atoms with van der Waals surface area (Å²) in [5.41, 5.74) is 1.69. The molecule has 9 heteroatoms. The van der Waals surface area contributed by atoms with Crippen molar-refractivity contribution in [1.82, 2.24) is 9.71 Å². The summed E-state index contributed by atoms with van der Waals surface area (Å²) in [5, 5.41) is 0. The Bertz CT molecular complexity index is 1290. The third-order valence-electron chi connectivity index (χ3n) is 7.60. The van der Waals surface area contributed by atoms with E-state index in [9.17, 15) is 4.79 Å². The van der Waals surface area contributed by atoms with Crippen LogP contribution < -0.4 is 18.9 Å². The van der Waals surface area contributed by atoms with E-state index in [-0.39, 0.29) is 23.9 Å². The molecule has 1 aliphatic rings. The topological polar surface area (TPSA) is 69.7 Å². The van der Waals surface area contributed by atoms with Crippen LogP contribution in [0.2, 0.25) is 0 Å². The van der Waals surface area contributed by atoms with Crippen LogP contribution in [0.5, 0.6) is 23.0 Å². The standard InChI is InChI=1S/C34H45BN2O6/c1-25(2)37(34(38)28-15-16-30(40-4)33(20-28)41-18-10-17-39-3)29-19-27(21-36(35)22-29)24-43-32-14-9-8-13-31(32)42-23-26-11-6-5-7-12-26/h5-9,11-16,20,25,27,29H,10,17-19,21-24,35H2,1-4H3. The Morgan fingerprint density at radius 2 is 1.60 bits per heavy atom. The summed E-state index contributed by atoms with van der Waals surface area (Å²) in [6, 6.07) is 23.4. The molecule has 0 radical (unpaired) electrons. The number of benzene rings is 3. The smallest absolute Gasteiger partial charge is 0.254 e. The molecule has 1 saturated heterocycles. The zero-order valence-electron chi connectivity index (χ0n) is 26.2. The van der Waals surface area contributed by atoms with Gasteiger partial charge in [0, 0.05) is 50.2 Å². The summed E-state index contributed by atoms with van der Waals surface area (Å²) in [4.78, 5) is 18.3. The maximum Gasteiger partial charge on any atom is 0.254 e. The Balaban J connectivity index is 1.43. The molecule has 0 aliphatic carbocycles. The van der Waals surface area contributed by atoms with Gasteiger partial charge in [0.2, 0.25) is 0 Å². The fraction of sp³-hybridized carbons (Fsp3) is 0.441. The van der Waals surface area contributed by atoms with Crippen LogP contribution in [0, 0.1) is 5.92 Å². The molecule has 0 saturated carbocycles. The van der Waals surface area contributed by atoms with Crippen molar-refractivity contribution in [2.75, 3.05) is 47.1 Å². The minimum atomic E-state index is -0.0148. The van der Waals surface area contributed by atoms with E-state index in [1.54, 1.807) is 26.4 Å². The molecule has 230 valence electrons. The first kappa shape index (κ1) is 32.2. The Hall–Kier alpha value is -3.69. The molecule has 8 nitrogen and oxygen atoms in total. The van der Waals surface area contributed by atoms with Crippen molar-refractivity contribution in [1.29, 1.82) is 0 Å². The molecule has 0 aromatic heterocycles. The molecule has 2 atom stereocenters. The van der Waals surface area contributed by atoms with Crippen LogP contribution in [0.15, 0.2) is 72.8 Å². The number of piperidine rings is 1. The van der Waals surface area contributed by atoms with Crippen LogP contribution in [0.3, 0.4) is 0 Å². The fourth-order valence-electron chi connectivity index (χ4n) is 5.64. The number of carbonyl (C=O) groups excluding carboxylic acids is 1. The average Bonchev–Trinajstić information content (AvgIpc) is 3.01. The van der Waals surface area contributed by atoms with Crippen molar-refractivity contribution in [3.63, 3.8) is 0 Å². The van der Waals surface area contributed by atoms with Gasteiger partial charge in [-0.15, -0.1) is 0 Å². The lowest BCUT2D eigenvalue weighted by molar-refractivity contribution is 0.0420. The van der Waals surface area contributed by atoms with E-state index in [1.165, 1.54) is 0 Å². The highest BCUT2D eigenvalue weighted by Gasteiger charge is 2.34. The normalized spacial score (nSPS) is 17.0. The molecule has 0 spiro atoms. The molecular weight excluding hydrogens is 543 g/mol. The molecule has 0 N–H and O–H groups in total. The summed E-state index contributed by atoms with van der Waals surface area (Å²) in [6.45, 7) is 7.94.